The van der Waals surface area contributed by atoms with Crippen LogP contribution in [-0.2, 0) is 0 Å². The molecule has 0 heterocycles. The molecule has 0 saturated carbocycles. The van der Waals surface area contributed by atoms with Gasteiger partial charge in [-0.25, -0.2) is 0 Å². The van der Waals surface area contributed by atoms with Gasteiger partial charge in [0.15, 0.2) is 0 Å². The number of amides is 1. The molecule has 5 heteroatoms. The second kappa shape index (κ2) is 5.84. The standard InChI is InChI=1S/C15H15ClN2O2/c1-9-8-10(20-2)6-7-13(9)18-15(19)11-4-3-5-12(16)14(11)17/h3-8H,17H2,1-2H3,(H,18,19). The van der Waals surface area contributed by atoms with Gasteiger partial charge in [-0.3, -0.25) is 4.79 Å². The normalized spacial score (nSPS) is 10.2. The van der Waals surface area contributed by atoms with E-state index in [0.29, 0.717) is 16.3 Å². The molecule has 0 radical (unpaired) electrons. The molecular formula is C15H15ClN2O2. The number of rotatable bonds is 3. The fourth-order valence-electron chi connectivity index (χ4n) is 1.83. The third-order valence-corrected chi connectivity index (χ3v) is 3.31. The quantitative estimate of drug-likeness (QED) is 0.851. The molecule has 4 nitrogen and oxygen atoms in total. The molecule has 20 heavy (non-hydrogen) atoms. The molecule has 104 valence electrons. The van der Waals surface area contributed by atoms with Crippen molar-refractivity contribution >= 4 is 28.9 Å². The largest absolute Gasteiger partial charge is 0.497 e. The molecule has 2 aromatic rings. The summed E-state index contributed by atoms with van der Waals surface area (Å²) in [5.74, 6) is 0.445. The molecule has 2 aromatic carbocycles. The number of hydrogen-bond acceptors (Lipinski definition) is 3. The number of aryl methyl sites for hydroxylation is 1. The third-order valence-electron chi connectivity index (χ3n) is 2.98. The highest BCUT2D eigenvalue weighted by Gasteiger charge is 2.13. The summed E-state index contributed by atoms with van der Waals surface area (Å²) in [5.41, 5.74) is 8.04. The van der Waals surface area contributed by atoms with Crippen LogP contribution in [0.15, 0.2) is 36.4 Å². The van der Waals surface area contributed by atoms with Crippen molar-refractivity contribution in [2.75, 3.05) is 18.2 Å². The topological polar surface area (TPSA) is 64.3 Å². The molecule has 0 saturated heterocycles. The number of carbonyl (C=O) groups is 1. The molecule has 0 atom stereocenters. The average molecular weight is 291 g/mol. The van der Waals surface area contributed by atoms with E-state index in [1.54, 1.807) is 37.4 Å². The van der Waals surface area contributed by atoms with Crippen LogP contribution in [0.3, 0.4) is 0 Å². The lowest BCUT2D eigenvalue weighted by Gasteiger charge is -2.11. The highest BCUT2D eigenvalue weighted by molar-refractivity contribution is 6.34. The van der Waals surface area contributed by atoms with Gasteiger partial charge < -0.3 is 15.8 Å². The van der Waals surface area contributed by atoms with Crippen LogP contribution in [0.25, 0.3) is 0 Å². The predicted molar refractivity (Wildman–Crippen MR) is 81.5 cm³/mol. The first kappa shape index (κ1) is 14.2. The van der Waals surface area contributed by atoms with E-state index in [1.165, 1.54) is 0 Å². The molecule has 0 aromatic heterocycles. The van der Waals surface area contributed by atoms with Crippen molar-refractivity contribution < 1.29 is 9.53 Å². The molecule has 0 spiro atoms. The van der Waals surface area contributed by atoms with Gasteiger partial charge in [-0.2, -0.15) is 0 Å². The van der Waals surface area contributed by atoms with E-state index in [1.807, 2.05) is 13.0 Å². The molecule has 0 unspecified atom stereocenters. The van der Waals surface area contributed by atoms with Crippen LogP contribution in [0.5, 0.6) is 5.75 Å². The number of anilines is 2. The number of halogens is 1. The zero-order valence-electron chi connectivity index (χ0n) is 11.2. The van der Waals surface area contributed by atoms with Crippen LogP contribution >= 0.6 is 11.6 Å². The van der Waals surface area contributed by atoms with E-state index < -0.39 is 0 Å². The van der Waals surface area contributed by atoms with Gasteiger partial charge in [0.1, 0.15) is 5.75 Å². The van der Waals surface area contributed by atoms with E-state index in [0.717, 1.165) is 11.3 Å². The minimum Gasteiger partial charge on any atom is -0.497 e. The van der Waals surface area contributed by atoms with Crippen LogP contribution < -0.4 is 15.8 Å². The summed E-state index contributed by atoms with van der Waals surface area (Å²) in [6.07, 6.45) is 0. The van der Waals surface area contributed by atoms with Crippen LogP contribution in [0.1, 0.15) is 15.9 Å². The van der Waals surface area contributed by atoms with Crippen molar-refractivity contribution in [3.8, 4) is 5.75 Å². The number of carbonyl (C=O) groups excluding carboxylic acids is 1. The average Bonchev–Trinajstić information content (AvgIpc) is 2.44. The molecule has 0 bridgehead atoms. The first-order valence-electron chi connectivity index (χ1n) is 6.03. The number of nitrogens with two attached hydrogens (primary N) is 1. The Kier molecular flexibility index (Phi) is 4.15. The number of nitrogens with one attached hydrogen (secondary N) is 1. The zero-order valence-corrected chi connectivity index (χ0v) is 12.0. The molecule has 1 amide bonds. The highest BCUT2D eigenvalue weighted by atomic mass is 35.5. The zero-order chi connectivity index (χ0) is 14.7. The van der Waals surface area contributed by atoms with Crippen LogP contribution in [-0.4, -0.2) is 13.0 Å². The number of hydrogen-bond donors (Lipinski definition) is 2. The van der Waals surface area contributed by atoms with Gasteiger partial charge in [-0.05, 0) is 42.8 Å². The summed E-state index contributed by atoms with van der Waals surface area (Å²) >= 11 is 5.91. The fraction of sp³-hybridized carbons (Fsp3) is 0.133. The van der Waals surface area contributed by atoms with E-state index >= 15 is 0 Å². The molecule has 0 aliphatic heterocycles. The predicted octanol–water partition coefficient (Wildman–Crippen LogP) is 3.49. The van der Waals surface area contributed by atoms with Crippen molar-refractivity contribution in [3.05, 3.63) is 52.5 Å². The van der Waals surface area contributed by atoms with Crippen molar-refractivity contribution in [3.63, 3.8) is 0 Å². The van der Waals surface area contributed by atoms with Gasteiger partial charge in [0, 0.05) is 5.69 Å². The van der Waals surface area contributed by atoms with Crippen molar-refractivity contribution in [2.45, 2.75) is 6.92 Å². The van der Waals surface area contributed by atoms with Crippen molar-refractivity contribution in [1.82, 2.24) is 0 Å². The maximum atomic E-state index is 12.2. The number of para-hydroxylation sites is 1. The third kappa shape index (κ3) is 2.86. The van der Waals surface area contributed by atoms with Gasteiger partial charge in [-0.1, -0.05) is 17.7 Å². The first-order valence-corrected chi connectivity index (χ1v) is 6.40. The Morgan fingerprint density at radius 3 is 2.70 bits per heavy atom. The Hall–Kier alpha value is -2.20. The van der Waals surface area contributed by atoms with Crippen molar-refractivity contribution in [1.29, 1.82) is 0 Å². The van der Waals surface area contributed by atoms with Gasteiger partial charge in [0.25, 0.3) is 5.91 Å². The Morgan fingerprint density at radius 1 is 1.30 bits per heavy atom. The lowest BCUT2D eigenvalue weighted by molar-refractivity contribution is 0.102. The monoisotopic (exact) mass is 290 g/mol. The van der Waals surface area contributed by atoms with E-state index in [4.69, 9.17) is 22.1 Å². The van der Waals surface area contributed by atoms with E-state index in [9.17, 15) is 4.79 Å². The maximum Gasteiger partial charge on any atom is 0.257 e. The highest BCUT2D eigenvalue weighted by Crippen LogP contribution is 2.25. The summed E-state index contributed by atoms with van der Waals surface area (Å²) in [7, 11) is 1.60. The Bertz CT molecular complexity index is 656. The lowest BCUT2D eigenvalue weighted by Crippen LogP contribution is -2.14. The lowest BCUT2D eigenvalue weighted by atomic mass is 10.1. The number of ether oxygens (including phenoxy) is 1. The number of nitrogen functional groups attached to an aromatic ring is 1. The molecule has 0 aliphatic carbocycles. The SMILES string of the molecule is COc1ccc(NC(=O)c2cccc(Cl)c2N)c(C)c1. The summed E-state index contributed by atoms with van der Waals surface area (Å²) in [4.78, 5) is 12.2. The van der Waals surface area contributed by atoms with Gasteiger partial charge >= 0.3 is 0 Å². The van der Waals surface area contributed by atoms with Gasteiger partial charge in [-0.15, -0.1) is 0 Å². The Morgan fingerprint density at radius 2 is 2.05 bits per heavy atom. The smallest absolute Gasteiger partial charge is 0.257 e. The second-order valence-corrected chi connectivity index (χ2v) is 4.74. The number of methoxy groups -OCH3 is 1. The van der Waals surface area contributed by atoms with Crippen LogP contribution in [0.2, 0.25) is 5.02 Å². The minimum atomic E-state index is -0.293. The Balaban J connectivity index is 2.26. The first-order chi connectivity index (χ1) is 9.52. The van der Waals surface area contributed by atoms with E-state index in [-0.39, 0.29) is 11.6 Å². The molecule has 0 fully saturated rings. The fourth-order valence-corrected chi connectivity index (χ4v) is 2.00. The van der Waals surface area contributed by atoms with Crippen LogP contribution in [0.4, 0.5) is 11.4 Å². The van der Waals surface area contributed by atoms with Crippen LogP contribution in [0, 0.1) is 6.92 Å². The summed E-state index contributed by atoms with van der Waals surface area (Å²) in [6.45, 7) is 1.89. The Labute approximate surface area is 122 Å². The maximum absolute atomic E-state index is 12.2. The number of benzene rings is 2. The van der Waals surface area contributed by atoms with Gasteiger partial charge in [0.2, 0.25) is 0 Å². The summed E-state index contributed by atoms with van der Waals surface area (Å²) < 4.78 is 5.12. The van der Waals surface area contributed by atoms with Crippen molar-refractivity contribution in [2.24, 2.45) is 0 Å². The second-order valence-electron chi connectivity index (χ2n) is 4.34. The molecule has 0 aliphatic rings. The molecule has 2 rings (SSSR count). The molecular weight excluding hydrogens is 276 g/mol. The summed E-state index contributed by atoms with van der Waals surface area (Å²) in [6, 6.07) is 10.4. The van der Waals surface area contributed by atoms with Gasteiger partial charge in [0.05, 0.1) is 23.4 Å². The van der Waals surface area contributed by atoms with E-state index in [2.05, 4.69) is 5.32 Å². The minimum absolute atomic E-state index is 0.276. The molecule has 3 N–H and O–H groups in total. The summed E-state index contributed by atoms with van der Waals surface area (Å²) in [5, 5.41) is 3.18.